The lowest BCUT2D eigenvalue weighted by atomic mass is 9.97. The van der Waals surface area contributed by atoms with E-state index in [-0.39, 0.29) is 11.7 Å². The van der Waals surface area contributed by atoms with Crippen molar-refractivity contribution in [2.75, 3.05) is 0 Å². The Kier molecular flexibility index (Phi) is 3.87. The molecule has 1 atom stereocenters. The van der Waals surface area contributed by atoms with Gasteiger partial charge in [0.25, 0.3) is 0 Å². The van der Waals surface area contributed by atoms with Crippen molar-refractivity contribution in [3.63, 3.8) is 0 Å². The SMILES string of the molecule is C=CC(C)c1cccc(CCC)c1F. The average Bonchev–Trinajstić information content (AvgIpc) is 2.20. The van der Waals surface area contributed by atoms with E-state index in [0.29, 0.717) is 0 Å². The first-order chi connectivity index (χ1) is 6.70. The summed E-state index contributed by atoms with van der Waals surface area (Å²) in [6.07, 6.45) is 3.56. The zero-order chi connectivity index (χ0) is 10.6. The van der Waals surface area contributed by atoms with Crippen LogP contribution in [0.3, 0.4) is 0 Å². The smallest absolute Gasteiger partial charge is 0.130 e. The van der Waals surface area contributed by atoms with Crippen LogP contribution in [-0.2, 0) is 6.42 Å². The third-order valence-electron chi connectivity index (χ3n) is 2.47. The molecule has 14 heavy (non-hydrogen) atoms. The van der Waals surface area contributed by atoms with Crippen molar-refractivity contribution in [1.82, 2.24) is 0 Å². The highest BCUT2D eigenvalue weighted by atomic mass is 19.1. The van der Waals surface area contributed by atoms with Gasteiger partial charge < -0.3 is 0 Å². The van der Waals surface area contributed by atoms with E-state index < -0.39 is 0 Å². The van der Waals surface area contributed by atoms with Crippen LogP contribution >= 0.6 is 0 Å². The van der Waals surface area contributed by atoms with E-state index in [4.69, 9.17) is 0 Å². The van der Waals surface area contributed by atoms with Crippen LogP contribution in [0.1, 0.15) is 37.3 Å². The molecule has 0 saturated carbocycles. The molecule has 76 valence electrons. The lowest BCUT2D eigenvalue weighted by Crippen LogP contribution is -1.98. The van der Waals surface area contributed by atoms with E-state index in [2.05, 4.69) is 13.5 Å². The summed E-state index contributed by atoms with van der Waals surface area (Å²) in [5.74, 6) is 0.0357. The van der Waals surface area contributed by atoms with Gasteiger partial charge in [-0.15, -0.1) is 6.58 Å². The summed E-state index contributed by atoms with van der Waals surface area (Å²) >= 11 is 0. The third-order valence-corrected chi connectivity index (χ3v) is 2.47. The van der Waals surface area contributed by atoms with Gasteiger partial charge in [0.1, 0.15) is 5.82 Å². The van der Waals surface area contributed by atoms with Gasteiger partial charge in [-0.3, -0.25) is 0 Å². The molecule has 0 N–H and O–H groups in total. The van der Waals surface area contributed by atoms with Crippen molar-refractivity contribution in [3.8, 4) is 0 Å². The Morgan fingerprint density at radius 2 is 2.21 bits per heavy atom. The number of halogens is 1. The topological polar surface area (TPSA) is 0 Å². The van der Waals surface area contributed by atoms with Crippen LogP contribution < -0.4 is 0 Å². The van der Waals surface area contributed by atoms with Crippen LogP contribution in [-0.4, -0.2) is 0 Å². The van der Waals surface area contributed by atoms with Crippen LogP contribution in [0.5, 0.6) is 0 Å². The zero-order valence-electron chi connectivity index (χ0n) is 8.89. The minimum absolute atomic E-state index is 0.0539. The predicted molar refractivity (Wildman–Crippen MR) is 59.0 cm³/mol. The molecule has 0 fully saturated rings. The number of allylic oxidation sites excluding steroid dienone is 1. The molecule has 0 amide bonds. The summed E-state index contributed by atoms with van der Waals surface area (Å²) in [6.45, 7) is 7.71. The van der Waals surface area contributed by atoms with Crippen molar-refractivity contribution in [3.05, 3.63) is 47.8 Å². The van der Waals surface area contributed by atoms with E-state index in [0.717, 1.165) is 24.0 Å². The number of aryl methyl sites for hydroxylation is 1. The maximum Gasteiger partial charge on any atom is 0.130 e. The first-order valence-corrected chi connectivity index (χ1v) is 5.10. The molecule has 1 aromatic carbocycles. The van der Waals surface area contributed by atoms with Crippen molar-refractivity contribution in [2.45, 2.75) is 32.6 Å². The van der Waals surface area contributed by atoms with Crippen LogP contribution in [0.2, 0.25) is 0 Å². The molecule has 0 aromatic heterocycles. The maximum absolute atomic E-state index is 13.8. The highest BCUT2D eigenvalue weighted by Gasteiger charge is 2.10. The number of benzene rings is 1. The van der Waals surface area contributed by atoms with Gasteiger partial charge in [-0.1, -0.05) is 44.5 Å². The fourth-order valence-corrected chi connectivity index (χ4v) is 1.54. The minimum Gasteiger partial charge on any atom is -0.206 e. The first kappa shape index (κ1) is 11.0. The first-order valence-electron chi connectivity index (χ1n) is 5.10. The molecule has 1 heteroatoms. The van der Waals surface area contributed by atoms with Crippen LogP contribution in [0.25, 0.3) is 0 Å². The number of hydrogen-bond donors (Lipinski definition) is 0. The quantitative estimate of drug-likeness (QED) is 0.631. The Balaban J connectivity index is 3.06. The van der Waals surface area contributed by atoms with E-state index >= 15 is 0 Å². The molecule has 0 saturated heterocycles. The molecule has 0 aliphatic carbocycles. The Morgan fingerprint density at radius 3 is 2.79 bits per heavy atom. The molecule has 1 unspecified atom stereocenters. The summed E-state index contributed by atoms with van der Waals surface area (Å²) in [4.78, 5) is 0. The second-order valence-corrected chi connectivity index (χ2v) is 3.59. The molecule has 1 rings (SSSR count). The van der Waals surface area contributed by atoms with Crippen molar-refractivity contribution in [1.29, 1.82) is 0 Å². The predicted octanol–water partition coefficient (Wildman–Crippen LogP) is 4.07. The van der Waals surface area contributed by atoms with Crippen LogP contribution in [0, 0.1) is 5.82 Å². The normalized spacial score (nSPS) is 12.5. The standard InChI is InChI=1S/C13H17F/c1-4-7-11-8-6-9-12(13(11)14)10(3)5-2/h5-6,8-10H,2,4,7H2,1,3H3. The van der Waals surface area contributed by atoms with E-state index in [1.165, 1.54) is 0 Å². The second-order valence-electron chi connectivity index (χ2n) is 3.59. The Bertz CT molecular complexity index is 315. The monoisotopic (exact) mass is 192 g/mol. The van der Waals surface area contributed by atoms with Gasteiger partial charge >= 0.3 is 0 Å². The third kappa shape index (κ3) is 2.22. The summed E-state index contributed by atoms with van der Waals surface area (Å²) in [5.41, 5.74) is 1.57. The molecular weight excluding hydrogens is 175 g/mol. The summed E-state index contributed by atoms with van der Waals surface area (Å²) < 4.78 is 13.8. The fourth-order valence-electron chi connectivity index (χ4n) is 1.54. The fraction of sp³-hybridized carbons (Fsp3) is 0.385. The average molecular weight is 192 g/mol. The highest BCUT2D eigenvalue weighted by Crippen LogP contribution is 2.22. The molecule has 0 bridgehead atoms. The van der Waals surface area contributed by atoms with Crippen molar-refractivity contribution < 1.29 is 4.39 Å². The lowest BCUT2D eigenvalue weighted by molar-refractivity contribution is 0.586. The minimum atomic E-state index is -0.0539. The van der Waals surface area contributed by atoms with Gasteiger partial charge in [0, 0.05) is 5.92 Å². The molecule has 0 heterocycles. The van der Waals surface area contributed by atoms with Gasteiger partial charge in [0.2, 0.25) is 0 Å². The van der Waals surface area contributed by atoms with Crippen molar-refractivity contribution in [2.24, 2.45) is 0 Å². The van der Waals surface area contributed by atoms with E-state index in [9.17, 15) is 4.39 Å². The van der Waals surface area contributed by atoms with Crippen LogP contribution in [0.4, 0.5) is 4.39 Å². The zero-order valence-corrected chi connectivity index (χ0v) is 8.89. The van der Waals surface area contributed by atoms with E-state index in [1.807, 2.05) is 25.1 Å². The van der Waals surface area contributed by atoms with Gasteiger partial charge in [-0.2, -0.15) is 0 Å². The maximum atomic E-state index is 13.8. The van der Waals surface area contributed by atoms with E-state index in [1.54, 1.807) is 6.08 Å². The highest BCUT2D eigenvalue weighted by molar-refractivity contribution is 5.30. The van der Waals surface area contributed by atoms with Gasteiger partial charge in [-0.25, -0.2) is 4.39 Å². The Hall–Kier alpha value is -1.11. The summed E-state index contributed by atoms with van der Waals surface area (Å²) in [5, 5.41) is 0. The summed E-state index contributed by atoms with van der Waals surface area (Å²) in [7, 11) is 0. The molecule has 0 radical (unpaired) electrons. The molecule has 0 aliphatic heterocycles. The van der Waals surface area contributed by atoms with Gasteiger partial charge in [0.05, 0.1) is 0 Å². The second kappa shape index (κ2) is 4.94. The Morgan fingerprint density at radius 1 is 1.50 bits per heavy atom. The Labute approximate surface area is 85.5 Å². The largest absolute Gasteiger partial charge is 0.206 e. The molecule has 0 aliphatic rings. The lowest BCUT2D eigenvalue weighted by Gasteiger charge is -2.10. The molecule has 0 nitrogen and oxygen atoms in total. The van der Waals surface area contributed by atoms with Gasteiger partial charge in [-0.05, 0) is 17.5 Å². The molecule has 1 aromatic rings. The molecule has 0 spiro atoms. The number of rotatable bonds is 4. The number of hydrogen-bond acceptors (Lipinski definition) is 0. The molecular formula is C13H17F. The van der Waals surface area contributed by atoms with Gasteiger partial charge in [0.15, 0.2) is 0 Å². The van der Waals surface area contributed by atoms with Crippen molar-refractivity contribution >= 4 is 0 Å². The van der Waals surface area contributed by atoms with Crippen LogP contribution in [0.15, 0.2) is 30.9 Å². The summed E-state index contributed by atoms with van der Waals surface area (Å²) in [6, 6.07) is 5.61.